The van der Waals surface area contributed by atoms with E-state index in [1.165, 1.54) is 11.3 Å². The van der Waals surface area contributed by atoms with Crippen molar-refractivity contribution in [2.45, 2.75) is 0 Å². The highest BCUT2D eigenvalue weighted by atomic mass is 35.5. The Hall–Kier alpha value is -2.63. The smallest absolute Gasteiger partial charge is 0.345 e. The molecule has 0 radical (unpaired) electrons. The van der Waals surface area contributed by atoms with E-state index in [1.54, 1.807) is 42.5 Å². The normalized spacial score (nSPS) is 11.0. The molecule has 0 saturated carbocycles. The number of benzene rings is 2. The van der Waals surface area contributed by atoms with Crippen molar-refractivity contribution < 1.29 is 9.21 Å². The average molecular weight is 356 g/mol. The van der Waals surface area contributed by atoms with E-state index < -0.39 is 5.63 Å². The van der Waals surface area contributed by atoms with E-state index in [0.29, 0.717) is 26.6 Å². The van der Waals surface area contributed by atoms with E-state index in [0.717, 1.165) is 10.1 Å². The van der Waals surface area contributed by atoms with Crippen LogP contribution in [0.5, 0.6) is 0 Å². The number of carbonyl (C=O) groups excluding carboxylic acids is 1. The van der Waals surface area contributed by atoms with Gasteiger partial charge in [0, 0.05) is 16.1 Å². The first kappa shape index (κ1) is 14.9. The number of hydrogen-bond donors (Lipinski definition) is 1. The molecular weight excluding hydrogens is 346 g/mol. The molecule has 0 aliphatic carbocycles. The number of thiophene rings is 1. The van der Waals surface area contributed by atoms with Crippen LogP contribution in [-0.2, 0) is 0 Å². The second-order valence-corrected chi connectivity index (χ2v) is 6.69. The predicted octanol–water partition coefficient (Wildman–Crippen LogP) is 4.91. The lowest BCUT2D eigenvalue weighted by molar-refractivity contribution is 0.103. The van der Waals surface area contributed by atoms with E-state index >= 15 is 0 Å². The van der Waals surface area contributed by atoms with Gasteiger partial charge >= 0.3 is 5.63 Å². The van der Waals surface area contributed by atoms with Crippen molar-refractivity contribution >= 4 is 55.6 Å². The molecule has 2 aromatic heterocycles. The largest absolute Gasteiger partial charge is 0.422 e. The number of halogens is 1. The molecule has 4 rings (SSSR count). The van der Waals surface area contributed by atoms with Crippen LogP contribution >= 0.6 is 22.9 Å². The molecule has 4 nitrogen and oxygen atoms in total. The minimum absolute atomic E-state index is 0.290. The average Bonchev–Trinajstić information content (AvgIpc) is 3.01. The quantitative estimate of drug-likeness (QED) is 0.519. The van der Waals surface area contributed by atoms with Crippen molar-refractivity contribution in [2.24, 2.45) is 0 Å². The van der Waals surface area contributed by atoms with Gasteiger partial charge in [0.15, 0.2) is 0 Å². The fraction of sp³-hybridized carbons (Fsp3) is 0. The zero-order valence-corrected chi connectivity index (χ0v) is 13.8. The van der Waals surface area contributed by atoms with Crippen LogP contribution in [0.4, 0.5) is 5.69 Å². The molecule has 1 N–H and O–H groups in total. The van der Waals surface area contributed by atoms with Gasteiger partial charge < -0.3 is 9.73 Å². The number of fused-ring (bicyclic) bond motifs is 3. The summed E-state index contributed by atoms with van der Waals surface area (Å²) in [6.07, 6.45) is 0. The molecule has 0 bridgehead atoms. The molecule has 6 heteroatoms. The number of nitrogens with one attached hydrogen (secondary N) is 1. The first-order chi connectivity index (χ1) is 11.6. The van der Waals surface area contributed by atoms with E-state index in [2.05, 4.69) is 5.32 Å². The summed E-state index contributed by atoms with van der Waals surface area (Å²) in [5, 5.41) is 4.55. The van der Waals surface area contributed by atoms with Gasteiger partial charge in [0.25, 0.3) is 5.91 Å². The second kappa shape index (κ2) is 5.78. The second-order valence-electron chi connectivity index (χ2n) is 5.20. The Balaban J connectivity index is 1.80. The molecule has 1 amide bonds. The maximum Gasteiger partial charge on any atom is 0.345 e. The number of anilines is 1. The third-order valence-corrected chi connectivity index (χ3v) is 4.99. The summed E-state index contributed by atoms with van der Waals surface area (Å²) in [5.74, 6) is -0.290. The molecule has 0 aliphatic rings. The monoisotopic (exact) mass is 355 g/mol. The van der Waals surface area contributed by atoms with Crippen molar-refractivity contribution in [1.82, 2.24) is 0 Å². The highest BCUT2D eigenvalue weighted by molar-refractivity contribution is 7.21. The Morgan fingerprint density at radius 3 is 2.71 bits per heavy atom. The van der Waals surface area contributed by atoms with E-state index in [4.69, 9.17) is 16.0 Å². The van der Waals surface area contributed by atoms with E-state index in [-0.39, 0.29) is 5.91 Å². The molecule has 0 aliphatic heterocycles. The highest BCUT2D eigenvalue weighted by Crippen LogP contribution is 2.31. The van der Waals surface area contributed by atoms with Gasteiger partial charge in [-0.05, 0) is 36.4 Å². The molecule has 118 valence electrons. The van der Waals surface area contributed by atoms with Crippen LogP contribution in [0.1, 0.15) is 9.67 Å². The summed E-state index contributed by atoms with van der Waals surface area (Å²) >= 11 is 7.19. The number of rotatable bonds is 2. The van der Waals surface area contributed by atoms with Crippen LogP contribution in [0.2, 0.25) is 5.02 Å². The molecular formula is C18H10ClNO3S. The van der Waals surface area contributed by atoms with Crippen molar-refractivity contribution in [3.05, 3.63) is 74.9 Å². The Morgan fingerprint density at radius 2 is 1.88 bits per heavy atom. The Labute approximate surface area is 145 Å². The van der Waals surface area contributed by atoms with Crippen LogP contribution in [-0.4, -0.2) is 5.91 Å². The van der Waals surface area contributed by atoms with Gasteiger partial charge in [-0.1, -0.05) is 29.8 Å². The molecule has 0 fully saturated rings. The van der Waals surface area contributed by atoms with Crippen LogP contribution in [0.15, 0.2) is 63.8 Å². The SMILES string of the molecule is O=C(Nc1cccc(Cl)c1)c1cc2c(=O)oc3ccccc3c2s1. The molecule has 0 spiro atoms. The summed E-state index contributed by atoms with van der Waals surface area (Å²) in [6.45, 7) is 0. The minimum Gasteiger partial charge on any atom is -0.422 e. The molecule has 2 heterocycles. The summed E-state index contributed by atoms with van der Waals surface area (Å²) in [6, 6.07) is 15.7. The third kappa shape index (κ3) is 2.58. The predicted molar refractivity (Wildman–Crippen MR) is 97.3 cm³/mol. The van der Waals surface area contributed by atoms with Crippen LogP contribution in [0, 0.1) is 0 Å². The summed E-state index contributed by atoms with van der Waals surface area (Å²) < 4.78 is 6.05. The fourth-order valence-electron chi connectivity index (χ4n) is 2.51. The van der Waals surface area contributed by atoms with Crippen molar-refractivity contribution in [1.29, 1.82) is 0 Å². The van der Waals surface area contributed by atoms with Crippen molar-refractivity contribution in [3.63, 3.8) is 0 Å². The fourth-order valence-corrected chi connectivity index (χ4v) is 3.77. The van der Waals surface area contributed by atoms with Gasteiger partial charge in [0.1, 0.15) is 5.58 Å². The lowest BCUT2D eigenvalue weighted by Gasteiger charge is -2.03. The van der Waals surface area contributed by atoms with Crippen molar-refractivity contribution in [3.8, 4) is 0 Å². The Kier molecular flexibility index (Phi) is 3.59. The third-order valence-electron chi connectivity index (χ3n) is 3.59. The van der Waals surface area contributed by atoms with Gasteiger partial charge in [0.2, 0.25) is 0 Å². The van der Waals surface area contributed by atoms with Gasteiger partial charge in [-0.15, -0.1) is 11.3 Å². The van der Waals surface area contributed by atoms with Gasteiger partial charge in [0.05, 0.1) is 15.0 Å². The molecule has 4 aromatic rings. The lowest BCUT2D eigenvalue weighted by Crippen LogP contribution is -2.09. The van der Waals surface area contributed by atoms with Crippen molar-refractivity contribution in [2.75, 3.05) is 5.32 Å². The Morgan fingerprint density at radius 1 is 1.04 bits per heavy atom. The maximum absolute atomic E-state index is 12.5. The zero-order valence-electron chi connectivity index (χ0n) is 12.2. The topological polar surface area (TPSA) is 59.3 Å². The number of carbonyl (C=O) groups is 1. The highest BCUT2D eigenvalue weighted by Gasteiger charge is 2.16. The summed E-state index contributed by atoms with van der Waals surface area (Å²) in [5.41, 5.74) is 0.669. The van der Waals surface area contributed by atoms with E-state index in [9.17, 15) is 9.59 Å². The zero-order chi connectivity index (χ0) is 16.7. The van der Waals surface area contributed by atoms with Crippen LogP contribution < -0.4 is 10.9 Å². The van der Waals surface area contributed by atoms with Crippen LogP contribution in [0.25, 0.3) is 21.1 Å². The Bertz CT molecular complexity index is 1150. The van der Waals surface area contributed by atoms with Crippen LogP contribution in [0.3, 0.4) is 0 Å². The lowest BCUT2D eigenvalue weighted by atomic mass is 10.2. The standard InChI is InChI=1S/C18H10ClNO3S/c19-10-4-3-5-11(8-10)20-17(21)15-9-13-16(24-15)12-6-1-2-7-14(12)23-18(13)22/h1-9H,(H,20,21). The maximum atomic E-state index is 12.5. The first-order valence-corrected chi connectivity index (χ1v) is 8.33. The molecule has 0 saturated heterocycles. The number of amides is 1. The van der Waals surface area contributed by atoms with Gasteiger partial charge in [-0.2, -0.15) is 0 Å². The number of para-hydroxylation sites is 1. The summed E-state index contributed by atoms with van der Waals surface area (Å²) in [4.78, 5) is 25.0. The summed E-state index contributed by atoms with van der Waals surface area (Å²) in [7, 11) is 0. The van der Waals surface area contributed by atoms with Gasteiger partial charge in [-0.25, -0.2) is 4.79 Å². The molecule has 0 atom stereocenters. The molecule has 0 unspecified atom stereocenters. The minimum atomic E-state index is -0.443. The molecule has 24 heavy (non-hydrogen) atoms. The molecule has 2 aromatic carbocycles. The van der Waals surface area contributed by atoms with E-state index in [1.807, 2.05) is 12.1 Å². The first-order valence-electron chi connectivity index (χ1n) is 7.14. The van der Waals surface area contributed by atoms with Gasteiger partial charge in [-0.3, -0.25) is 4.79 Å². The number of hydrogen-bond acceptors (Lipinski definition) is 4.